The highest BCUT2D eigenvalue weighted by Crippen LogP contribution is 2.25. The van der Waals surface area contributed by atoms with Gasteiger partial charge in [-0.05, 0) is 61.6 Å². The summed E-state index contributed by atoms with van der Waals surface area (Å²) in [6, 6.07) is 13.1. The Morgan fingerprint density at radius 2 is 2.03 bits per heavy atom. The first kappa shape index (κ1) is 21.4. The van der Waals surface area contributed by atoms with Gasteiger partial charge in [-0.2, -0.15) is 0 Å². The van der Waals surface area contributed by atoms with Gasteiger partial charge in [-0.25, -0.2) is 9.48 Å². The Labute approximate surface area is 183 Å². The number of nitrogens with one attached hydrogen (secondary N) is 1. The second-order valence-corrected chi connectivity index (χ2v) is 8.64. The molecule has 0 bridgehead atoms. The lowest BCUT2D eigenvalue weighted by atomic mass is 10.1. The van der Waals surface area contributed by atoms with Crippen LogP contribution in [0.5, 0.6) is 0 Å². The van der Waals surface area contributed by atoms with E-state index < -0.39 is 0 Å². The molecule has 1 heterocycles. The van der Waals surface area contributed by atoms with Crippen molar-refractivity contribution in [3.05, 3.63) is 68.1 Å². The Balaban J connectivity index is 1.63. The number of hydrogen-bond donors (Lipinski definition) is 1. The average Bonchev–Trinajstić information content (AvgIpc) is 3.03. The molecule has 0 unspecified atom stereocenters. The number of hydrogen-bond acceptors (Lipinski definition) is 7. The molecule has 0 amide bonds. The minimum Gasteiger partial charge on any atom is -0.465 e. The molecule has 0 fully saturated rings. The molecule has 0 saturated heterocycles. The van der Waals surface area contributed by atoms with Crippen molar-refractivity contribution in [3.63, 3.8) is 0 Å². The van der Waals surface area contributed by atoms with Crippen LogP contribution in [0.4, 0.5) is 10.8 Å². The molecule has 0 aliphatic rings. The zero-order valence-corrected chi connectivity index (χ0v) is 18.7. The summed E-state index contributed by atoms with van der Waals surface area (Å²) < 4.78 is 7.18. The molecule has 1 aromatic heterocycles. The Morgan fingerprint density at radius 1 is 1.31 bits per heavy atom. The highest BCUT2D eigenvalue weighted by atomic mass is 35.5. The third-order valence-corrected chi connectivity index (χ3v) is 5.86. The molecule has 3 rings (SSSR count). The Morgan fingerprint density at radius 3 is 2.69 bits per heavy atom. The highest BCUT2D eigenvalue weighted by Gasteiger charge is 2.09. The van der Waals surface area contributed by atoms with Crippen LogP contribution < -0.4 is 5.32 Å². The first-order valence-corrected chi connectivity index (χ1v) is 10.4. The molecule has 0 aliphatic heterocycles. The molecule has 152 valence electrons. The van der Waals surface area contributed by atoms with Crippen LogP contribution in [0.15, 0.2) is 42.5 Å². The van der Waals surface area contributed by atoms with E-state index in [0.29, 0.717) is 32.9 Å². The van der Waals surface area contributed by atoms with Crippen molar-refractivity contribution in [3.8, 4) is 0 Å². The maximum absolute atomic E-state index is 11.5. The number of ether oxygens (including phenoxy) is 1. The van der Waals surface area contributed by atoms with Crippen LogP contribution in [0, 0.1) is 10.9 Å². The van der Waals surface area contributed by atoms with Crippen LogP contribution in [-0.2, 0) is 18.0 Å². The fourth-order valence-electron chi connectivity index (χ4n) is 2.69. The largest absolute Gasteiger partial charge is 0.465 e. The topological polar surface area (TPSA) is 59.4 Å². The van der Waals surface area contributed by atoms with Gasteiger partial charge in [0.05, 0.1) is 19.3 Å². The predicted molar refractivity (Wildman–Crippen MR) is 120 cm³/mol. The lowest BCUT2D eigenvalue weighted by Gasteiger charge is -2.16. The normalized spacial score (nSPS) is 10.9. The van der Waals surface area contributed by atoms with E-state index in [1.165, 1.54) is 18.4 Å². The Bertz CT molecular complexity index is 1060. The van der Waals surface area contributed by atoms with Crippen molar-refractivity contribution in [2.75, 3.05) is 19.5 Å². The van der Waals surface area contributed by atoms with E-state index in [4.69, 9.17) is 28.6 Å². The van der Waals surface area contributed by atoms with Gasteiger partial charge in [0, 0.05) is 17.3 Å². The standard InChI is InChI=1S/C20H21ClN4O2S2/c1-13-4-9-16(10-17(13)21)22-19-23-25(20(28)29-19)12-24(2)11-14-5-7-15(8-6-14)18(26)27-3/h4-10H,11-12H2,1-3H3,(H,22,23). The minimum absolute atomic E-state index is 0.339. The van der Waals surface area contributed by atoms with Gasteiger partial charge in [-0.1, -0.05) is 41.1 Å². The maximum Gasteiger partial charge on any atom is 0.337 e. The monoisotopic (exact) mass is 448 g/mol. The van der Waals surface area contributed by atoms with Crippen LogP contribution >= 0.6 is 35.2 Å². The van der Waals surface area contributed by atoms with Crippen molar-refractivity contribution in [1.29, 1.82) is 0 Å². The third kappa shape index (κ3) is 5.63. The minimum atomic E-state index is -0.339. The second-order valence-electron chi connectivity index (χ2n) is 6.61. The van der Waals surface area contributed by atoms with Gasteiger partial charge >= 0.3 is 5.97 Å². The SMILES string of the molecule is COC(=O)c1ccc(CN(C)Cn2nc(Nc3ccc(C)c(Cl)c3)sc2=S)cc1. The zero-order valence-electron chi connectivity index (χ0n) is 16.3. The van der Waals surface area contributed by atoms with Crippen molar-refractivity contribution in [2.45, 2.75) is 20.1 Å². The number of aryl methyl sites for hydroxylation is 1. The van der Waals surface area contributed by atoms with Crippen molar-refractivity contribution in [2.24, 2.45) is 0 Å². The molecular weight excluding hydrogens is 428 g/mol. The van der Waals surface area contributed by atoms with E-state index in [0.717, 1.165) is 16.8 Å². The smallest absolute Gasteiger partial charge is 0.337 e. The summed E-state index contributed by atoms with van der Waals surface area (Å²) in [7, 11) is 3.36. The molecule has 0 atom stereocenters. The van der Waals surface area contributed by atoms with E-state index in [2.05, 4.69) is 15.3 Å². The van der Waals surface area contributed by atoms with E-state index in [-0.39, 0.29) is 5.97 Å². The fourth-order valence-corrected chi connectivity index (χ4v) is 3.89. The van der Waals surface area contributed by atoms with Crippen LogP contribution in [0.25, 0.3) is 0 Å². The van der Waals surface area contributed by atoms with E-state index in [1.54, 1.807) is 16.8 Å². The van der Waals surface area contributed by atoms with E-state index in [1.807, 2.05) is 44.3 Å². The predicted octanol–water partition coefficient (Wildman–Crippen LogP) is 5.26. The van der Waals surface area contributed by atoms with Gasteiger partial charge in [0.25, 0.3) is 0 Å². The number of anilines is 2. The van der Waals surface area contributed by atoms with Crippen LogP contribution in [-0.4, -0.2) is 34.8 Å². The van der Waals surface area contributed by atoms with Gasteiger partial charge < -0.3 is 10.1 Å². The van der Waals surface area contributed by atoms with Crippen molar-refractivity contribution < 1.29 is 9.53 Å². The first-order valence-electron chi connectivity index (χ1n) is 8.82. The molecule has 3 aromatic rings. The number of methoxy groups -OCH3 is 1. The summed E-state index contributed by atoms with van der Waals surface area (Å²) in [5, 5.41) is 9.23. The molecular formula is C20H21ClN4O2S2. The van der Waals surface area contributed by atoms with Gasteiger partial charge in [0.1, 0.15) is 0 Å². The number of aromatic nitrogens is 2. The summed E-state index contributed by atoms with van der Waals surface area (Å²) in [5.74, 6) is -0.339. The number of nitrogens with zero attached hydrogens (tertiary/aromatic N) is 3. The quantitative estimate of drug-likeness (QED) is 0.393. The summed E-state index contributed by atoms with van der Waals surface area (Å²) in [6.07, 6.45) is 0. The Kier molecular flexibility index (Phi) is 7.02. The van der Waals surface area contributed by atoms with E-state index >= 15 is 0 Å². The van der Waals surface area contributed by atoms with Gasteiger partial charge in [-0.3, -0.25) is 4.90 Å². The second kappa shape index (κ2) is 9.49. The fraction of sp³-hybridized carbons (Fsp3) is 0.250. The molecule has 6 nitrogen and oxygen atoms in total. The summed E-state index contributed by atoms with van der Waals surface area (Å²) in [6.45, 7) is 3.20. The number of carbonyl (C=O) groups is 1. The molecule has 0 saturated carbocycles. The molecule has 9 heteroatoms. The van der Waals surface area contributed by atoms with Gasteiger partial charge in [0.2, 0.25) is 5.13 Å². The summed E-state index contributed by atoms with van der Waals surface area (Å²) >= 11 is 13.0. The van der Waals surface area contributed by atoms with Gasteiger partial charge in [0.15, 0.2) is 3.95 Å². The Hall–Kier alpha value is -2.26. The maximum atomic E-state index is 11.5. The molecule has 29 heavy (non-hydrogen) atoms. The van der Waals surface area contributed by atoms with Crippen molar-refractivity contribution in [1.82, 2.24) is 14.7 Å². The van der Waals surface area contributed by atoms with Crippen LogP contribution in [0.2, 0.25) is 5.02 Å². The number of halogens is 1. The van der Waals surface area contributed by atoms with Crippen LogP contribution in [0.1, 0.15) is 21.5 Å². The molecule has 0 radical (unpaired) electrons. The third-order valence-electron chi connectivity index (χ3n) is 4.23. The van der Waals surface area contributed by atoms with E-state index in [9.17, 15) is 4.79 Å². The van der Waals surface area contributed by atoms with Gasteiger partial charge in [-0.15, -0.1) is 5.10 Å². The number of benzene rings is 2. The molecule has 1 N–H and O–H groups in total. The summed E-state index contributed by atoms with van der Waals surface area (Å²) in [5.41, 5.74) is 3.51. The summed E-state index contributed by atoms with van der Waals surface area (Å²) in [4.78, 5) is 13.6. The molecule has 0 aliphatic carbocycles. The molecule has 2 aromatic carbocycles. The average molecular weight is 449 g/mol. The number of carbonyl (C=O) groups excluding carboxylic acids is 1. The zero-order chi connectivity index (χ0) is 21.0. The first-order chi connectivity index (χ1) is 13.9. The molecule has 0 spiro atoms. The highest BCUT2D eigenvalue weighted by molar-refractivity contribution is 7.73. The lowest BCUT2D eigenvalue weighted by Crippen LogP contribution is -2.22. The lowest BCUT2D eigenvalue weighted by molar-refractivity contribution is 0.0600. The van der Waals surface area contributed by atoms with Crippen molar-refractivity contribution >= 4 is 51.9 Å². The number of rotatable bonds is 7. The van der Waals surface area contributed by atoms with Crippen LogP contribution in [0.3, 0.4) is 0 Å². The number of esters is 1.